The first-order chi connectivity index (χ1) is 7.47. The van der Waals surface area contributed by atoms with Crippen LogP contribution in [-0.4, -0.2) is 33.3 Å². The third-order valence-electron chi connectivity index (χ3n) is 1.79. The second kappa shape index (κ2) is 4.47. The van der Waals surface area contributed by atoms with E-state index in [0.29, 0.717) is 12.3 Å². The van der Waals surface area contributed by atoms with E-state index in [1.165, 1.54) is 0 Å². The van der Waals surface area contributed by atoms with Gasteiger partial charge in [0.25, 0.3) is 11.7 Å². The van der Waals surface area contributed by atoms with Gasteiger partial charge in [-0.2, -0.15) is 4.73 Å². The number of nitrogens with one attached hydrogen (secondary N) is 1. The van der Waals surface area contributed by atoms with Crippen LogP contribution in [0.1, 0.15) is 17.4 Å². The Labute approximate surface area is 89.9 Å². The molecule has 7 nitrogen and oxygen atoms in total. The van der Waals surface area contributed by atoms with Crippen LogP contribution in [0, 0.1) is 0 Å². The van der Waals surface area contributed by atoms with E-state index in [2.05, 4.69) is 5.32 Å². The predicted molar refractivity (Wildman–Crippen MR) is 52.6 cm³/mol. The lowest BCUT2D eigenvalue weighted by Crippen LogP contribution is -2.33. The van der Waals surface area contributed by atoms with E-state index in [1.54, 1.807) is 6.92 Å². The Morgan fingerprint density at radius 3 is 2.69 bits per heavy atom. The summed E-state index contributed by atoms with van der Waals surface area (Å²) in [6.45, 7) is 1.87. The average Bonchev–Trinajstić information content (AvgIpc) is 2.23. The van der Waals surface area contributed by atoms with Crippen LogP contribution in [0.2, 0.25) is 0 Å². The summed E-state index contributed by atoms with van der Waals surface area (Å²) in [4.78, 5) is 33.6. The molecule has 1 rings (SSSR count). The summed E-state index contributed by atoms with van der Waals surface area (Å²) >= 11 is 0. The molecule has 1 heterocycles. The second-order valence-corrected chi connectivity index (χ2v) is 2.94. The van der Waals surface area contributed by atoms with Crippen LogP contribution in [-0.2, 0) is 4.79 Å². The Kier molecular flexibility index (Phi) is 3.29. The number of carbonyl (C=O) groups is 2. The fourth-order valence-electron chi connectivity index (χ4n) is 1.04. The molecule has 0 fully saturated rings. The van der Waals surface area contributed by atoms with Gasteiger partial charge in [-0.15, -0.1) is 0 Å². The van der Waals surface area contributed by atoms with Gasteiger partial charge in [0.1, 0.15) is 5.69 Å². The highest BCUT2D eigenvalue weighted by molar-refractivity contribution is 6.42. The van der Waals surface area contributed by atoms with E-state index in [4.69, 9.17) is 5.11 Å². The van der Waals surface area contributed by atoms with Gasteiger partial charge in [0.15, 0.2) is 5.75 Å². The lowest BCUT2D eigenvalue weighted by atomic mass is 10.2. The van der Waals surface area contributed by atoms with Crippen LogP contribution >= 0.6 is 0 Å². The molecule has 0 bridgehead atoms. The molecular weight excluding hydrogens is 216 g/mol. The van der Waals surface area contributed by atoms with Crippen LogP contribution in [0.25, 0.3) is 0 Å². The number of nitrogens with zero attached hydrogens (tertiary/aromatic N) is 1. The summed E-state index contributed by atoms with van der Waals surface area (Å²) in [5, 5.41) is 20.4. The Morgan fingerprint density at radius 1 is 1.50 bits per heavy atom. The monoisotopic (exact) mass is 226 g/mol. The number of carbonyl (C=O) groups excluding carboxylic acids is 2. The summed E-state index contributed by atoms with van der Waals surface area (Å²) in [5.74, 6) is -2.70. The van der Waals surface area contributed by atoms with Crippen molar-refractivity contribution in [1.29, 1.82) is 0 Å². The Bertz CT molecular complexity index is 491. The molecule has 1 aromatic rings. The lowest BCUT2D eigenvalue weighted by molar-refractivity contribution is -0.117. The highest BCUT2D eigenvalue weighted by Crippen LogP contribution is 2.03. The average molecular weight is 226 g/mol. The van der Waals surface area contributed by atoms with E-state index in [1.807, 2.05) is 0 Å². The molecule has 0 saturated heterocycles. The maximum Gasteiger partial charge on any atom is 0.294 e. The van der Waals surface area contributed by atoms with Crippen molar-refractivity contribution in [3.05, 3.63) is 28.2 Å². The molecule has 1 aromatic heterocycles. The minimum atomic E-state index is -1.05. The Morgan fingerprint density at radius 2 is 2.12 bits per heavy atom. The molecule has 16 heavy (non-hydrogen) atoms. The van der Waals surface area contributed by atoms with Gasteiger partial charge in [0, 0.05) is 12.6 Å². The normalized spacial score (nSPS) is 9.81. The first-order valence-corrected chi connectivity index (χ1v) is 4.44. The van der Waals surface area contributed by atoms with Crippen LogP contribution in [0.3, 0.4) is 0 Å². The van der Waals surface area contributed by atoms with Gasteiger partial charge >= 0.3 is 0 Å². The van der Waals surface area contributed by atoms with E-state index >= 15 is 0 Å². The van der Waals surface area contributed by atoms with Crippen LogP contribution in [0.5, 0.6) is 5.75 Å². The largest absolute Gasteiger partial charge is 0.503 e. The van der Waals surface area contributed by atoms with E-state index < -0.39 is 28.6 Å². The molecule has 0 spiro atoms. The van der Waals surface area contributed by atoms with Crippen molar-refractivity contribution >= 4 is 11.7 Å². The first-order valence-electron chi connectivity index (χ1n) is 4.44. The van der Waals surface area contributed by atoms with Gasteiger partial charge in [-0.1, -0.05) is 0 Å². The number of aromatic nitrogens is 1. The maximum atomic E-state index is 11.4. The lowest BCUT2D eigenvalue weighted by Gasteiger charge is -2.05. The van der Waals surface area contributed by atoms with Crippen molar-refractivity contribution in [2.45, 2.75) is 6.92 Å². The molecule has 0 aromatic carbocycles. The third-order valence-corrected chi connectivity index (χ3v) is 1.79. The first kappa shape index (κ1) is 11.8. The summed E-state index contributed by atoms with van der Waals surface area (Å²) in [7, 11) is 0. The van der Waals surface area contributed by atoms with Gasteiger partial charge in [-0.05, 0) is 6.92 Å². The number of likely N-dealkylation sites (N-methyl/N-ethyl adjacent to an activating group) is 1. The number of rotatable bonds is 3. The zero-order valence-electron chi connectivity index (χ0n) is 8.43. The van der Waals surface area contributed by atoms with E-state index in [0.717, 1.165) is 0 Å². The summed E-state index contributed by atoms with van der Waals surface area (Å²) in [5.41, 5.74) is -1.35. The number of amides is 1. The molecule has 86 valence electrons. The molecule has 0 aliphatic carbocycles. The zero-order chi connectivity index (χ0) is 12.3. The number of Topliss-reactive ketones (excluding diaryl/α,β-unsaturated/α-hetero) is 1. The SMILES string of the molecule is CCNC(=O)C(=O)c1cc(=O)c(O)cn1O. The third kappa shape index (κ3) is 2.19. The Hall–Kier alpha value is -2.31. The summed E-state index contributed by atoms with van der Waals surface area (Å²) in [6.07, 6.45) is 0.648. The highest BCUT2D eigenvalue weighted by atomic mass is 16.5. The summed E-state index contributed by atoms with van der Waals surface area (Å²) in [6, 6.07) is 0.687. The molecule has 0 aliphatic rings. The minimum absolute atomic E-state index is 0.230. The predicted octanol–water partition coefficient (Wildman–Crippen LogP) is -0.890. The van der Waals surface area contributed by atoms with Gasteiger partial charge in [0.05, 0.1) is 6.20 Å². The van der Waals surface area contributed by atoms with Crippen LogP contribution < -0.4 is 10.7 Å². The molecule has 0 radical (unpaired) electrons. The molecule has 0 saturated carbocycles. The van der Waals surface area contributed by atoms with E-state index in [9.17, 15) is 19.6 Å². The Balaban J connectivity index is 3.14. The molecule has 1 amide bonds. The molecule has 0 atom stereocenters. The molecule has 0 aliphatic heterocycles. The summed E-state index contributed by atoms with van der Waals surface area (Å²) < 4.78 is 0.230. The van der Waals surface area contributed by atoms with Crippen LogP contribution in [0.4, 0.5) is 0 Å². The zero-order valence-corrected chi connectivity index (χ0v) is 8.43. The van der Waals surface area contributed by atoms with Crippen molar-refractivity contribution < 1.29 is 19.9 Å². The second-order valence-electron chi connectivity index (χ2n) is 2.94. The highest BCUT2D eigenvalue weighted by Gasteiger charge is 2.20. The number of pyridine rings is 1. The number of hydrogen-bond donors (Lipinski definition) is 3. The quantitative estimate of drug-likeness (QED) is 0.352. The maximum absolute atomic E-state index is 11.4. The van der Waals surface area contributed by atoms with Crippen molar-refractivity contribution in [2.75, 3.05) is 6.54 Å². The molecule has 7 heteroatoms. The smallest absolute Gasteiger partial charge is 0.294 e. The van der Waals surface area contributed by atoms with Crippen molar-refractivity contribution in [1.82, 2.24) is 10.0 Å². The van der Waals surface area contributed by atoms with Crippen molar-refractivity contribution in [3.63, 3.8) is 0 Å². The molecule has 3 N–H and O–H groups in total. The van der Waals surface area contributed by atoms with Gasteiger partial charge < -0.3 is 15.6 Å². The van der Waals surface area contributed by atoms with Crippen molar-refractivity contribution in [2.24, 2.45) is 0 Å². The minimum Gasteiger partial charge on any atom is -0.503 e. The van der Waals surface area contributed by atoms with Gasteiger partial charge in [-0.25, -0.2) is 0 Å². The van der Waals surface area contributed by atoms with Gasteiger partial charge in [0.2, 0.25) is 5.43 Å². The number of ketones is 1. The molecule has 0 unspecified atom stereocenters. The topological polar surface area (TPSA) is 109 Å². The fraction of sp³-hybridized carbons (Fsp3) is 0.222. The standard InChI is InChI=1S/C9H10N2O5/c1-2-10-9(15)8(14)5-3-6(12)7(13)4-11(5)16/h3-4,13,16H,2H2,1H3,(H,10,15). The molecular formula is C9H10N2O5. The van der Waals surface area contributed by atoms with E-state index in [-0.39, 0.29) is 11.3 Å². The fourth-order valence-corrected chi connectivity index (χ4v) is 1.04. The van der Waals surface area contributed by atoms with Crippen molar-refractivity contribution in [3.8, 4) is 5.75 Å². The number of aromatic hydroxyl groups is 1. The van der Waals surface area contributed by atoms with Crippen LogP contribution in [0.15, 0.2) is 17.1 Å². The van der Waals surface area contributed by atoms with Gasteiger partial charge in [-0.3, -0.25) is 14.4 Å². The number of hydrogen-bond acceptors (Lipinski definition) is 5.